The summed E-state index contributed by atoms with van der Waals surface area (Å²) < 4.78 is 1.04. The van der Waals surface area contributed by atoms with Gasteiger partial charge in [0.05, 0.1) is 45.1 Å². The van der Waals surface area contributed by atoms with Gasteiger partial charge in [0.25, 0.3) is 23.6 Å². The van der Waals surface area contributed by atoms with Crippen LogP contribution >= 0.6 is 22.9 Å². The van der Waals surface area contributed by atoms with Crippen LogP contribution in [0.1, 0.15) is 41.4 Å². The fourth-order valence-corrected chi connectivity index (χ4v) is 3.26. The van der Waals surface area contributed by atoms with E-state index in [2.05, 4.69) is 5.32 Å². The van der Waals surface area contributed by atoms with Crippen LogP contribution in [-0.2, 0) is 0 Å². The number of benzene rings is 2. The van der Waals surface area contributed by atoms with Gasteiger partial charge in [-0.05, 0) is 35.4 Å². The van der Waals surface area contributed by atoms with Crippen LogP contribution in [0.25, 0.3) is 11.1 Å². The van der Waals surface area contributed by atoms with Gasteiger partial charge < -0.3 is 0 Å². The molecule has 0 radical (unpaired) electrons. The molecule has 4 rings (SSSR count). The number of nitrogens with zero attached hydrogens (tertiary/aromatic N) is 1. The molecule has 0 bridgehead atoms. The first kappa shape index (κ1) is 14.1. The number of amides is 4. The zero-order valence-electron chi connectivity index (χ0n) is 11.4. The average Bonchev–Trinajstić information content (AvgIpc) is 2.96. The molecule has 0 aliphatic carbocycles. The predicted molar refractivity (Wildman–Crippen MR) is 88.2 cm³/mol. The Bertz CT molecular complexity index is 951. The molecule has 6 nitrogen and oxygen atoms in total. The summed E-state index contributed by atoms with van der Waals surface area (Å²) in [5, 5.41) is 2.24. The van der Waals surface area contributed by atoms with Crippen molar-refractivity contribution < 1.29 is 19.2 Å². The molecular weight excluding hydrogens is 411 g/mol. The highest BCUT2D eigenvalue weighted by atomic mass is 127. The fourth-order valence-electron chi connectivity index (χ4n) is 2.74. The van der Waals surface area contributed by atoms with E-state index in [4.69, 9.17) is 0 Å². The summed E-state index contributed by atoms with van der Waals surface area (Å²) >= 11 is 1.68. The van der Waals surface area contributed by atoms with E-state index < -0.39 is 11.8 Å². The number of hydrogen-bond donors (Lipinski definition) is 1. The van der Waals surface area contributed by atoms with Gasteiger partial charge in [0.1, 0.15) is 0 Å². The van der Waals surface area contributed by atoms with Crippen molar-refractivity contribution in [3.63, 3.8) is 0 Å². The molecule has 0 unspecified atom stereocenters. The standard InChI is InChI=1S/C16H7IN2O4/c17-19-15(22)10-4-2-8(6-12(10)16(19)23)7-1-3-9-11(5-7)14(21)18-13(9)20/h1-6H,(H,18,20,21). The number of imide groups is 2. The molecule has 0 aromatic heterocycles. The van der Waals surface area contributed by atoms with Crippen molar-refractivity contribution >= 4 is 46.5 Å². The lowest BCUT2D eigenvalue weighted by molar-refractivity contribution is 0.0793. The number of fused-ring (bicyclic) bond motifs is 2. The Morgan fingerprint density at radius 1 is 0.696 bits per heavy atom. The normalized spacial score (nSPS) is 15.8. The van der Waals surface area contributed by atoms with Crippen LogP contribution in [0.15, 0.2) is 36.4 Å². The van der Waals surface area contributed by atoms with E-state index >= 15 is 0 Å². The lowest BCUT2D eigenvalue weighted by Gasteiger charge is -2.05. The van der Waals surface area contributed by atoms with E-state index in [0.717, 1.165) is 3.11 Å². The molecule has 4 amide bonds. The maximum atomic E-state index is 12.1. The van der Waals surface area contributed by atoms with E-state index in [1.165, 1.54) is 0 Å². The minimum atomic E-state index is -0.433. The number of carbonyl (C=O) groups excluding carboxylic acids is 4. The highest BCUT2D eigenvalue weighted by Crippen LogP contribution is 2.31. The van der Waals surface area contributed by atoms with Crippen molar-refractivity contribution in [1.82, 2.24) is 8.43 Å². The quantitative estimate of drug-likeness (QED) is 0.437. The van der Waals surface area contributed by atoms with E-state index in [-0.39, 0.29) is 11.8 Å². The molecule has 112 valence electrons. The SMILES string of the molecule is O=C1NC(=O)c2cc(-c3ccc4c(c3)C(=O)N(I)C4=O)ccc21. The second-order valence-electron chi connectivity index (χ2n) is 5.20. The summed E-state index contributed by atoms with van der Waals surface area (Å²) in [5.41, 5.74) is 2.75. The van der Waals surface area contributed by atoms with Crippen LogP contribution in [0.4, 0.5) is 0 Å². The van der Waals surface area contributed by atoms with Gasteiger partial charge in [-0.25, -0.2) is 3.11 Å². The van der Waals surface area contributed by atoms with Gasteiger partial charge in [-0.2, -0.15) is 0 Å². The molecule has 0 atom stereocenters. The number of nitrogens with one attached hydrogen (secondary N) is 1. The number of halogens is 1. The largest absolute Gasteiger partial charge is 0.288 e. The maximum absolute atomic E-state index is 12.1. The third-order valence-electron chi connectivity index (χ3n) is 3.91. The minimum Gasteiger partial charge on any atom is -0.288 e. The fraction of sp³-hybridized carbons (Fsp3) is 0. The molecule has 2 aromatic rings. The Balaban J connectivity index is 1.84. The summed E-state index contributed by atoms with van der Waals surface area (Å²) in [7, 11) is 0. The summed E-state index contributed by atoms with van der Waals surface area (Å²) in [4.78, 5) is 47.3. The second-order valence-corrected chi connectivity index (χ2v) is 6.16. The van der Waals surface area contributed by atoms with Crippen molar-refractivity contribution in [2.45, 2.75) is 0 Å². The van der Waals surface area contributed by atoms with Crippen LogP contribution in [0.3, 0.4) is 0 Å². The lowest BCUT2D eigenvalue weighted by atomic mass is 9.97. The number of rotatable bonds is 1. The molecule has 7 heteroatoms. The molecule has 0 fully saturated rings. The number of carbonyl (C=O) groups is 4. The zero-order chi connectivity index (χ0) is 16.3. The Labute approximate surface area is 144 Å². The van der Waals surface area contributed by atoms with Gasteiger partial charge in [-0.15, -0.1) is 0 Å². The molecule has 2 aromatic carbocycles. The van der Waals surface area contributed by atoms with Crippen LogP contribution in [-0.4, -0.2) is 26.7 Å². The van der Waals surface area contributed by atoms with Crippen LogP contribution in [0, 0.1) is 0 Å². The van der Waals surface area contributed by atoms with E-state index in [1.54, 1.807) is 59.3 Å². The topological polar surface area (TPSA) is 83.6 Å². The van der Waals surface area contributed by atoms with Crippen molar-refractivity contribution in [3.05, 3.63) is 58.7 Å². The van der Waals surface area contributed by atoms with Crippen molar-refractivity contribution in [3.8, 4) is 11.1 Å². The highest BCUT2D eigenvalue weighted by Gasteiger charge is 2.34. The summed E-state index contributed by atoms with van der Waals surface area (Å²) in [6.45, 7) is 0. The summed E-state index contributed by atoms with van der Waals surface area (Å²) in [5.74, 6) is -1.54. The summed E-state index contributed by atoms with van der Waals surface area (Å²) in [6, 6.07) is 9.85. The number of hydrogen-bond acceptors (Lipinski definition) is 4. The van der Waals surface area contributed by atoms with Crippen LogP contribution in [0.2, 0.25) is 0 Å². The van der Waals surface area contributed by atoms with Crippen LogP contribution in [0.5, 0.6) is 0 Å². The monoisotopic (exact) mass is 418 g/mol. The minimum absolute atomic E-state index is 0.311. The Hall–Kier alpha value is -2.55. The van der Waals surface area contributed by atoms with Crippen LogP contribution < -0.4 is 5.32 Å². The summed E-state index contributed by atoms with van der Waals surface area (Å²) in [6.07, 6.45) is 0. The third-order valence-corrected chi connectivity index (χ3v) is 4.78. The average molecular weight is 418 g/mol. The molecule has 2 aliphatic heterocycles. The van der Waals surface area contributed by atoms with E-state index in [0.29, 0.717) is 33.4 Å². The first-order chi connectivity index (χ1) is 11.0. The Kier molecular flexibility index (Phi) is 2.89. The molecule has 0 spiro atoms. The molecule has 0 saturated heterocycles. The molecule has 2 aliphatic rings. The lowest BCUT2D eigenvalue weighted by Crippen LogP contribution is -2.19. The smallest absolute Gasteiger partial charge is 0.270 e. The first-order valence-electron chi connectivity index (χ1n) is 6.66. The first-order valence-corrected chi connectivity index (χ1v) is 7.62. The van der Waals surface area contributed by atoms with Crippen molar-refractivity contribution in [1.29, 1.82) is 0 Å². The highest BCUT2D eigenvalue weighted by molar-refractivity contribution is 14.1. The van der Waals surface area contributed by atoms with Gasteiger partial charge in [0.15, 0.2) is 0 Å². The Morgan fingerprint density at radius 2 is 1.22 bits per heavy atom. The molecule has 0 saturated carbocycles. The van der Waals surface area contributed by atoms with Gasteiger partial charge in [0, 0.05) is 0 Å². The van der Waals surface area contributed by atoms with Gasteiger partial charge in [0.2, 0.25) is 0 Å². The Morgan fingerprint density at radius 3 is 1.91 bits per heavy atom. The second kappa shape index (κ2) is 4.72. The maximum Gasteiger partial charge on any atom is 0.270 e. The van der Waals surface area contributed by atoms with Gasteiger partial charge in [-0.3, -0.25) is 24.5 Å². The molecule has 1 N–H and O–H groups in total. The van der Waals surface area contributed by atoms with E-state index in [9.17, 15) is 19.2 Å². The third kappa shape index (κ3) is 1.93. The van der Waals surface area contributed by atoms with Crippen molar-refractivity contribution in [2.75, 3.05) is 0 Å². The van der Waals surface area contributed by atoms with E-state index in [1.807, 2.05) is 0 Å². The molecular formula is C16H7IN2O4. The molecule has 23 heavy (non-hydrogen) atoms. The predicted octanol–water partition coefficient (Wildman–Crippen LogP) is 2.18. The van der Waals surface area contributed by atoms with Gasteiger partial charge >= 0.3 is 0 Å². The van der Waals surface area contributed by atoms with Gasteiger partial charge in [-0.1, -0.05) is 12.1 Å². The van der Waals surface area contributed by atoms with Crippen molar-refractivity contribution in [2.24, 2.45) is 0 Å². The zero-order valence-corrected chi connectivity index (χ0v) is 13.6. The molecule has 2 heterocycles.